The minimum absolute atomic E-state index is 0.197. The fraction of sp³-hybridized carbons (Fsp3) is 0.455. The van der Waals surface area contributed by atoms with Gasteiger partial charge in [-0.05, 0) is 38.6 Å². The molecule has 0 fully saturated rings. The van der Waals surface area contributed by atoms with Crippen molar-refractivity contribution in [2.24, 2.45) is 0 Å². The monoisotopic (exact) mass is 199 g/mol. The number of nitrogens with one attached hydrogen (secondary N) is 1. The van der Waals surface area contributed by atoms with Gasteiger partial charge in [0, 0.05) is 5.56 Å². The number of hydrogen-bond acceptors (Lipinski definition) is 1. The van der Waals surface area contributed by atoms with Crippen LogP contribution in [0.3, 0.4) is 0 Å². The first-order valence-electron chi connectivity index (χ1n) is 4.72. The van der Waals surface area contributed by atoms with Crippen LogP contribution in [0.15, 0.2) is 18.2 Å². The first-order chi connectivity index (χ1) is 6.66. The van der Waals surface area contributed by atoms with E-state index >= 15 is 0 Å². The highest BCUT2D eigenvalue weighted by atomic mass is 19.1. The van der Waals surface area contributed by atoms with Crippen LogP contribution < -0.4 is 5.32 Å². The molecular formula is C11H15F2N. The second-order valence-electron chi connectivity index (χ2n) is 3.28. The molecular weight excluding hydrogens is 184 g/mol. The Kier molecular flexibility index (Phi) is 4.01. The van der Waals surface area contributed by atoms with E-state index in [0.717, 1.165) is 12.1 Å². The van der Waals surface area contributed by atoms with Gasteiger partial charge in [-0.3, -0.25) is 0 Å². The quantitative estimate of drug-likeness (QED) is 0.786. The Morgan fingerprint density at radius 3 is 2.71 bits per heavy atom. The summed E-state index contributed by atoms with van der Waals surface area (Å²) in [4.78, 5) is 0. The van der Waals surface area contributed by atoms with Gasteiger partial charge in [0.15, 0.2) is 0 Å². The van der Waals surface area contributed by atoms with E-state index in [1.807, 2.05) is 7.05 Å². The van der Waals surface area contributed by atoms with Gasteiger partial charge in [0.1, 0.15) is 12.0 Å². The molecule has 0 spiro atoms. The number of rotatable bonds is 4. The summed E-state index contributed by atoms with van der Waals surface area (Å²) in [6.07, 6.45) is -0.597. The van der Waals surface area contributed by atoms with Gasteiger partial charge in [0.2, 0.25) is 0 Å². The molecule has 0 amide bonds. The van der Waals surface area contributed by atoms with E-state index in [9.17, 15) is 8.78 Å². The molecule has 0 saturated heterocycles. The fourth-order valence-electron chi connectivity index (χ4n) is 1.50. The summed E-state index contributed by atoms with van der Waals surface area (Å²) in [5.74, 6) is -0.450. The lowest BCUT2D eigenvalue weighted by Crippen LogP contribution is -2.12. The summed E-state index contributed by atoms with van der Waals surface area (Å²) in [7, 11) is 1.82. The Labute approximate surface area is 83.1 Å². The highest BCUT2D eigenvalue weighted by Gasteiger charge is 2.13. The Morgan fingerprint density at radius 1 is 1.43 bits per heavy atom. The summed E-state index contributed by atoms with van der Waals surface area (Å²) < 4.78 is 26.4. The van der Waals surface area contributed by atoms with Crippen molar-refractivity contribution in [1.82, 2.24) is 5.32 Å². The zero-order chi connectivity index (χ0) is 10.6. The van der Waals surface area contributed by atoms with Gasteiger partial charge in [-0.1, -0.05) is 12.1 Å². The molecule has 14 heavy (non-hydrogen) atoms. The molecule has 1 rings (SSSR count). The Balaban J connectivity index is 2.96. The van der Waals surface area contributed by atoms with Gasteiger partial charge < -0.3 is 5.32 Å². The van der Waals surface area contributed by atoms with Crippen LogP contribution in [-0.4, -0.2) is 13.6 Å². The van der Waals surface area contributed by atoms with E-state index < -0.39 is 12.0 Å². The lowest BCUT2D eigenvalue weighted by Gasteiger charge is -2.11. The van der Waals surface area contributed by atoms with Crippen molar-refractivity contribution >= 4 is 0 Å². The lowest BCUT2D eigenvalue weighted by molar-refractivity contribution is 0.358. The van der Waals surface area contributed by atoms with Gasteiger partial charge in [0.25, 0.3) is 0 Å². The molecule has 0 aliphatic rings. The van der Waals surface area contributed by atoms with E-state index in [1.165, 1.54) is 13.0 Å². The van der Waals surface area contributed by atoms with Crippen LogP contribution in [0.1, 0.15) is 24.2 Å². The zero-order valence-corrected chi connectivity index (χ0v) is 8.48. The van der Waals surface area contributed by atoms with Crippen molar-refractivity contribution in [3.05, 3.63) is 35.1 Å². The molecule has 1 aromatic carbocycles. The second-order valence-corrected chi connectivity index (χ2v) is 3.28. The van der Waals surface area contributed by atoms with Crippen LogP contribution >= 0.6 is 0 Å². The molecule has 0 heterocycles. The topological polar surface area (TPSA) is 12.0 Å². The second kappa shape index (κ2) is 5.05. The molecule has 0 aliphatic carbocycles. The highest BCUT2D eigenvalue weighted by Crippen LogP contribution is 2.24. The normalized spacial score (nSPS) is 12.9. The molecule has 0 bridgehead atoms. The van der Waals surface area contributed by atoms with Crippen molar-refractivity contribution < 1.29 is 8.78 Å². The Morgan fingerprint density at radius 2 is 2.14 bits per heavy atom. The first-order valence-corrected chi connectivity index (χ1v) is 4.72. The van der Waals surface area contributed by atoms with Crippen LogP contribution in [0, 0.1) is 5.82 Å². The molecule has 78 valence electrons. The maximum Gasteiger partial charge on any atom is 0.129 e. The van der Waals surface area contributed by atoms with Crippen LogP contribution in [0.4, 0.5) is 8.78 Å². The van der Waals surface area contributed by atoms with E-state index in [4.69, 9.17) is 0 Å². The average Bonchev–Trinajstić information content (AvgIpc) is 2.14. The smallest absolute Gasteiger partial charge is 0.129 e. The van der Waals surface area contributed by atoms with Crippen molar-refractivity contribution in [3.63, 3.8) is 0 Å². The molecule has 0 radical (unpaired) electrons. The van der Waals surface area contributed by atoms with Gasteiger partial charge in [-0.25, -0.2) is 8.78 Å². The predicted molar refractivity (Wildman–Crippen MR) is 53.6 cm³/mol. The molecule has 1 nitrogen and oxygen atoms in total. The van der Waals surface area contributed by atoms with Crippen LogP contribution in [0.2, 0.25) is 0 Å². The molecule has 0 saturated carbocycles. The number of alkyl halides is 1. The molecule has 1 aromatic rings. The fourth-order valence-corrected chi connectivity index (χ4v) is 1.50. The third-order valence-corrected chi connectivity index (χ3v) is 2.19. The standard InChI is InChI=1S/C11H15F2N/c1-8(12)11-9(6-7-14-2)4-3-5-10(11)13/h3-5,8,14H,6-7H2,1-2H3. The van der Waals surface area contributed by atoms with Crippen molar-refractivity contribution in [2.45, 2.75) is 19.5 Å². The Bertz CT molecular complexity index is 297. The van der Waals surface area contributed by atoms with E-state index in [2.05, 4.69) is 5.32 Å². The van der Waals surface area contributed by atoms with Gasteiger partial charge in [-0.15, -0.1) is 0 Å². The molecule has 0 aromatic heterocycles. The highest BCUT2D eigenvalue weighted by molar-refractivity contribution is 5.30. The minimum atomic E-state index is -1.25. The van der Waals surface area contributed by atoms with Crippen molar-refractivity contribution in [1.29, 1.82) is 0 Å². The molecule has 1 unspecified atom stereocenters. The molecule has 1 atom stereocenters. The molecule has 1 N–H and O–H groups in total. The average molecular weight is 199 g/mol. The molecule has 0 aliphatic heterocycles. The van der Waals surface area contributed by atoms with Gasteiger partial charge in [0.05, 0.1) is 0 Å². The summed E-state index contributed by atoms with van der Waals surface area (Å²) >= 11 is 0. The lowest BCUT2D eigenvalue weighted by atomic mass is 10.0. The summed E-state index contributed by atoms with van der Waals surface area (Å²) in [5.41, 5.74) is 0.942. The largest absolute Gasteiger partial charge is 0.319 e. The minimum Gasteiger partial charge on any atom is -0.319 e. The molecule has 3 heteroatoms. The van der Waals surface area contributed by atoms with Crippen molar-refractivity contribution in [3.8, 4) is 0 Å². The zero-order valence-electron chi connectivity index (χ0n) is 8.48. The summed E-state index contributed by atoms with van der Waals surface area (Å²) in [5, 5.41) is 2.96. The maximum atomic E-state index is 13.3. The summed E-state index contributed by atoms with van der Waals surface area (Å²) in [6.45, 7) is 2.09. The number of halogens is 2. The third kappa shape index (κ3) is 2.51. The van der Waals surface area contributed by atoms with Crippen LogP contribution in [-0.2, 0) is 6.42 Å². The van der Waals surface area contributed by atoms with Gasteiger partial charge >= 0.3 is 0 Å². The predicted octanol–water partition coefficient (Wildman–Crippen LogP) is 2.62. The first kappa shape index (κ1) is 11.1. The Hall–Kier alpha value is -0.960. The SMILES string of the molecule is CNCCc1cccc(F)c1C(C)F. The summed E-state index contributed by atoms with van der Waals surface area (Å²) in [6, 6.07) is 4.69. The number of hydrogen-bond donors (Lipinski definition) is 1. The van der Waals surface area contributed by atoms with Crippen LogP contribution in [0.25, 0.3) is 0 Å². The maximum absolute atomic E-state index is 13.3. The van der Waals surface area contributed by atoms with Crippen LogP contribution in [0.5, 0.6) is 0 Å². The van der Waals surface area contributed by atoms with E-state index in [0.29, 0.717) is 6.42 Å². The number of likely N-dealkylation sites (N-methyl/N-ethyl adjacent to an activating group) is 1. The van der Waals surface area contributed by atoms with E-state index in [1.54, 1.807) is 12.1 Å². The van der Waals surface area contributed by atoms with Gasteiger partial charge in [-0.2, -0.15) is 0 Å². The van der Waals surface area contributed by atoms with E-state index in [-0.39, 0.29) is 5.56 Å². The third-order valence-electron chi connectivity index (χ3n) is 2.19. The van der Waals surface area contributed by atoms with Crippen molar-refractivity contribution in [2.75, 3.05) is 13.6 Å². The number of benzene rings is 1.